The molecule has 0 aromatic heterocycles. The van der Waals surface area contributed by atoms with Crippen LogP contribution in [0.1, 0.15) is 5.56 Å². The van der Waals surface area contributed by atoms with Crippen molar-refractivity contribution in [2.45, 2.75) is 6.92 Å². The summed E-state index contributed by atoms with van der Waals surface area (Å²) in [6, 6.07) is 15.6. The van der Waals surface area contributed by atoms with E-state index in [1.54, 1.807) is 0 Å². The molecule has 0 aliphatic heterocycles. The molecule has 0 bridgehead atoms. The van der Waals surface area contributed by atoms with E-state index < -0.39 is 0 Å². The van der Waals surface area contributed by atoms with Crippen molar-refractivity contribution in [3.8, 4) is 0 Å². The van der Waals surface area contributed by atoms with Gasteiger partial charge >= 0.3 is 18.9 Å². The Bertz CT molecular complexity index is 374. The number of fused-ring (bicyclic) bond motifs is 1. The summed E-state index contributed by atoms with van der Waals surface area (Å²) in [4.78, 5) is 0. The van der Waals surface area contributed by atoms with Crippen LogP contribution in [0.3, 0.4) is 0 Å². The normalized spacial score (nSPS) is 9.42. The molecule has 0 saturated heterocycles. The van der Waals surface area contributed by atoms with Gasteiger partial charge in [-0.25, -0.2) is 0 Å². The van der Waals surface area contributed by atoms with Gasteiger partial charge in [-0.3, -0.25) is 0 Å². The van der Waals surface area contributed by atoms with Crippen LogP contribution in [-0.4, -0.2) is 0 Å². The molecule has 0 aliphatic carbocycles. The van der Waals surface area contributed by atoms with Gasteiger partial charge in [0.05, 0.1) is 0 Å². The second-order valence-electron chi connectivity index (χ2n) is 2.71. The maximum atomic E-state index is 3.22. The third-order valence-electron chi connectivity index (χ3n) is 1.90. The molecule has 2 aromatic rings. The number of rotatable bonds is 0. The first-order valence-corrected chi connectivity index (χ1v) is 3.74. The van der Waals surface area contributed by atoms with E-state index in [0.717, 1.165) is 0 Å². The first-order chi connectivity index (χ1) is 5.38. The van der Waals surface area contributed by atoms with Gasteiger partial charge in [-0.05, 0) is 0 Å². The standard InChI is InChI=1S/C11H9.Li/c1-9-5-4-7-10-6-2-3-8-11(9)10;/h2-7H,1H3;/q-1;+1. The van der Waals surface area contributed by atoms with Crippen molar-refractivity contribution in [2.75, 3.05) is 0 Å². The van der Waals surface area contributed by atoms with Crippen molar-refractivity contribution in [1.29, 1.82) is 0 Å². The molecular formula is C11H9Li. The van der Waals surface area contributed by atoms with Crippen LogP contribution < -0.4 is 18.9 Å². The van der Waals surface area contributed by atoms with E-state index in [9.17, 15) is 0 Å². The zero-order chi connectivity index (χ0) is 7.68. The number of hydrogen-bond acceptors (Lipinski definition) is 0. The predicted octanol–water partition coefficient (Wildman–Crippen LogP) is -0.0476. The molecule has 0 spiro atoms. The SMILES string of the molecule is Cc1cccc2ccc[c-]c12.[Li+]. The molecule has 0 N–H and O–H groups in total. The van der Waals surface area contributed by atoms with E-state index in [1.807, 2.05) is 12.1 Å². The monoisotopic (exact) mass is 148 g/mol. The van der Waals surface area contributed by atoms with Crippen LogP contribution in [0.5, 0.6) is 0 Å². The Hall–Kier alpha value is -0.703. The smallest absolute Gasteiger partial charge is 0.147 e. The Labute approximate surface area is 84.8 Å². The van der Waals surface area contributed by atoms with Gasteiger partial charge in [-0.1, -0.05) is 19.1 Å². The van der Waals surface area contributed by atoms with E-state index in [1.165, 1.54) is 16.3 Å². The van der Waals surface area contributed by atoms with Gasteiger partial charge in [0.2, 0.25) is 0 Å². The van der Waals surface area contributed by atoms with Crippen LogP contribution in [0.15, 0.2) is 36.4 Å². The second kappa shape index (κ2) is 3.80. The minimum atomic E-state index is 0. The number of hydrogen-bond donors (Lipinski definition) is 0. The maximum Gasteiger partial charge on any atom is 1.00 e. The van der Waals surface area contributed by atoms with Gasteiger partial charge in [-0.2, -0.15) is 0 Å². The summed E-state index contributed by atoms with van der Waals surface area (Å²) in [6.07, 6.45) is 0. The molecule has 0 fully saturated rings. The van der Waals surface area contributed by atoms with Crippen LogP contribution in [-0.2, 0) is 0 Å². The minimum absolute atomic E-state index is 0. The number of benzene rings is 2. The molecule has 0 saturated carbocycles. The van der Waals surface area contributed by atoms with Crippen LogP contribution in [0.4, 0.5) is 0 Å². The Morgan fingerprint density at radius 3 is 2.58 bits per heavy atom. The Morgan fingerprint density at radius 1 is 1.08 bits per heavy atom. The molecule has 0 radical (unpaired) electrons. The molecule has 2 aromatic carbocycles. The summed E-state index contributed by atoms with van der Waals surface area (Å²) in [7, 11) is 0. The predicted molar refractivity (Wildman–Crippen MR) is 47.5 cm³/mol. The fourth-order valence-electron chi connectivity index (χ4n) is 1.31. The molecule has 0 nitrogen and oxygen atoms in total. The average Bonchev–Trinajstić information content (AvgIpc) is 2.06. The molecule has 0 aliphatic rings. The summed E-state index contributed by atoms with van der Waals surface area (Å²) in [6.45, 7) is 2.11. The van der Waals surface area contributed by atoms with Crippen molar-refractivity contribution in [1.82, 2.24) is 0 Å². The molecular weight excluding hydrogens is 139 g/mol. The maximum absolute atomic E-state index is 3.22. The zero-order valence-corrected chi connectivity index (χ0v) is 7.46. The third-order valence-corrected chi connectivity index (χ3v) is 1.90. The Morgan fingerprint density at radius 2 is 1.83 bits per heavy atom. The van der Waals surface area contributed by atoms with Crippen LogP contribution in [0.25, 0.3) is 10.8 Å². The number of aryl methyl sites for hydroxylation is 1. The van der Waals surface area contributed by atoms with Crippen molar-refractivity contribution < 1.29 is 18.9 Å². The molecule has 0 amide bonds. The van der Waals surface area contributed by atoms with Crippen molar-refractivity contribution in [2.24, 2.45) is 0 Å². The minimum Gasteiger partial charge on any atom is -0.147 e. The zero-order valence-electron chi connectivity index (χ0n) is 7.46. The van der Waals surface area contributed by atoms with Crippen molar-refractivity contribution in [3.63, 3.8) is 0 Å². The molecule has 0 atom stereocenters. The van der Waals surface area contributed by atoms with Gasteiger partial charge in [0.1, 0.15) is 0 Å². The topological polar surface area (TPSA) is 0 Å². The third kappa shape index (κ3) is 1.55. The first-order valence-electron chi connectivity index (χ1n) is 3.74. The Kier molecular flexibility index (Phi) is 2.98. The molecule has 12 heavy (non-hydrogen) atoms. The second-order valence-corrected chi connectivity index (χ2v) is 2.71. The summed E-state index contributed by atoms with van der Waals surface area (Å²) in [5.74, 6) is 0. The summed E-state index contributed by atoms with van der Waals surface area (Å²) in [5.41, 5.74) is 1.29. The van der Waals surface area contributed by atoms with E-state index >= 15 is 0 Å². The van der Waals surface area contributed by atoms with Gasteiger partial charge < -0.3 is 0 Å². The fourth-order valence-corrected chi connectivity index (χ4v) is 1.31. The van der Waals surface area contributed by atoms with Crippen molar-refractivity contribution in [3.05, 3.63) is 48.0 Å². The van der Waals surface area contributed by atoms with E-state index in [0.29, 0.717) is 0 Å². The molecule has 2 rings (SSSR count). The molecule has 1 heteroatoms. The fraction of sp³-hybridized carbons (Fsp3) is 0.0909. The van der Waals surface area contributed by atoms with Gasteiger partial charge in [-0.15, -0.1) is 46.7 Å². The van der Waals surface area contributed by atoms with Crippen LogP contribution in [0.2, 0.25) is 0 Å². The van der Waals surface area contributed by atoms with Gasteiger partial charge in [0.15, 0.2) is 0 Å². The van der Waals surface area contributed by atoms with Crippen LogP contribution >= 0.6 is 0 Å². The van der Waals surface area contributed by atoms with Crippen LogP contribution in [0, 0.1) is 13.0 Å². The van der Waals surface area contributed by atoms with E-state index in [2.05, 4.69) is 37.3 Å². The van der Waals surface area contributed by atoms with E-state index in [4.69, 9.17) is 0 Å². The quantitative estimate of drug-likeness (QED) is 0.363. The largest absolute Gasteiger partial charge is 1.00 e. The summed E-state index contributed by atoms with van der Waals surface area (Å²) >= 11 is 0. The van der Waals surface area contributed by atoms with Gasteiger partial charge in [0.25, 0.3) is 0 Å². The van der Waals surface area contributed by atoms with Crippen molar-refractivity contribution >= 4 is 10.8 Å². The Balaban J connectivity index is 0.000000720. The van der Waals surface area contributed by atoms with E-state index in [-0.39, 0.29) is 18.9 Å². The summed E-state index contributed by atoms with van der Waals surface area (Å²) < 4.78 is 0. The summed E-state index contributed by atoms with van der Waals surface area (Å²) in [5, 5.41) is 2.50. The molecule has 54 valence electrons. The first kappa shape index (κ1) is 9.39. The average molecular weight is 148 g/mol. The van der Waals surface area contributed by atoms with Gasteiger partial charge in [0, 0.05) is 0 Å². The molecule has 0 unspecified atom stereocenters. The molecule has 0 heterocycles.